The van der Waals surface area contributed by atoms with Crippen LogP contribution in [-0.2, 0) is 16.4 Å². The lowest BCUT2D eigenvalue weighted by atomic mass is 10.0. The van der Waals surface area contributed by atoms with Crippen LogP contribution in [0.1, 0.15) is 5.56 Å². The van der Waals surface area contributed by atoms with Gasteiger partial charge in [0.25, 0.3) is 0 Å². The van der Waals surface area contributed by atoms with Crippen LogP contribution in [0.2, 0.25) is 0 Å². The molecular formula is C19H20N4O3S. The molecule has 0 amide bonds. The quantitative estimate of drug-likeness (QED) is 0.680. The molecule has 0 unspecified atom stereocenters. The van der Waals surface area contributed by atoms with E-state index in [0.29, 0.717) is 12.5 Å². The van der Waals surface area contributed by atoms with Gasteiger partial charge in [0.2, 0.25) is 5.95 Å². The number of rotatable bonds is 3. The van der Waals surface area contributed by atoms with E-state index in [1.54, 1.807) is 24.7 Å². The molecule has 7 nitrogen and oxygen atoms in total. The molecule has 4 heterocycles. The highest BCUT2D eigenvalue weighted by Gasteiger charge is 2.47. The van der Waals surface area contributed by atoms with Crippen molar-refractivity contribution in [3.8, 4) is 0 Å². The molecule has 0 saturated carbocycles. The van der Waals surface area contributed by atoms with Crippen molar-refractivity contribution in [2.75, 3.05) is 29.5 Å². The molecule has 2 fully saturated rings. The molecule has 2 saturated heterocycles. The Morgan fingerprint density at radius 1 is 1.07 bits per heavy atom. The van der Waals surface area contributed by atoms with Gasteiger partial charge in [-0.3, -0.25) is 4.90 Å². The Morgan fingerprint density at radius 3 is 2.74 bits per heavy atom. The SMILES string of the molecule is O=S1(=O)C[C@@H]2[C@H](C1)N(c1ncccn1)CCN2Cc1ccc2occc2c1. The molecule has 2 atom stereocenters. The van der Waals surface area contributed by atoms with E-state index in [4.69, 9.17) is 4.42 Å². The second-order valence-electron chi connectivity index (χ2n) is 7.22. The summed E-state index contributed by atoms with van der Waals surface area (Å²) in [4.78, 5) is 13.0. The van der Waals surface area contributed by atoms with E-state index in [2.05, 4.69) is 31.9 Å². The van der Waals surface area contributed by atoms with Crippen LogP contribution in [0.3, 0.4) is 0 Å². The molecule has 1 aromatic carbocycles. The van der Waals surface area contributed by atoms with Crippen molar-refractivity contribution in [1.82, 2.24) is 14.9 Å². The summed E-state index contributed by atoms with van der Waals surface area (Å²) in [7, 11) is -3.07. The Morgan fingerprint density at radius 2 is 1.89 bits per heavy atom. The standard InChI is InChI=1S/C19H20N4O3S/c24-27(25)12-16-17(13-27)23(19-20-5-1-6-21-19)8-7-22(16)11-14-2-3-18-15(10-14)4-9-26-18/h1-6,9-10,16-17H,7-8,11-13H2/t16-,17+/m1/s1. The van der Waals surface area contributed by atoms with E-state index in [9.17, 15) is 8.42 Å². The molecule has 0 N–H and O–H groups in total. The number of hydrogen-bond acceptors (Lipinski definition) is 7. The molecule has 5 rings (SSSR count). The van der Waals surface area contributed by atoms with Gasteiger partial charge >= 0.3 is 0 Å². The first kappa shape index (κ1) is 16.7. The second-order valence-corrected chi connectivity index (χ2v) is 9.37. The second kappa shape index (κ2) is 6.31. The van der Waals surface area contributed by atoms with Crippen molar-refractivity contribution in [3.05, 3.63) is 54.6 Å². The number of aromatic nitrogens is 2. The number of piperazine rings is 1. The summed E-state index contributed by atoms with van der Waals surface area (Å²) in [5.74, 6) is 0.964. The number of hydrogen-bond donors (Lipinski definition) is 0. The molecule has 3 aromatic rings. The maximum atomic E-state index is 12.4. The van der Waals surface area contributed by atoms with Gasteiger partial charge in [-0.15, -0.1) is 0 Å². The van der Waals surface area contributed by atoms with Gasteiger partial charge in [0.15, 0.2) is 9.84 Å². The predicted molar refractivity (Wildman–Crippen MR) is 102 cm³/mol. The number of sulfone groups is 1. The number of fused-ring (bicyclic) bond motifs is 2. The number of nitrogens with zero attached hydrogens (tertiary/aromatic N) is 4. The van der Waals surface area contributed by atoms with Crippen LogP contribution in [0.25, 0.3) is 11.0 Å². The van der Waals surface area contributed by atoms with E-state index >= 15 is 0 Å². The largest absolute Gasteiger partial charge is 0.464 e. The van der Waals surface area contributed by atoms with Crippen molar-refractivity contribution >= 4 is 26.8 Å². The zero-order valence-electron chi connectivity index (χ0n) is 14.7. The van der Waals surface area contributed by atoms with Crippen molar-refractivity contribution in [2.45, 2.75) is 18.6 Å². The number of anilines is 1. The molecule has 0 spiro atoms. The molecule has 140 valence electrons. The third-order valence-corrected chi connectivity index (χ3v) is 7.20. The van der Waals surface area contributed by atoms with E-state index in [-0.39, 0.29) is 23.6 Å². The molecular weight excluding hydrogens is 364 g/mol. The molecule has 0 aliphatic carbocycles. The fourth-order valence-electron chi connectivity index (χ4n) is 4.26. The first-order chi connectivity index (χ1) is 13.1. The average Bonchev–Trinajstić information content (AvgIpc) is 3.25. The van der Waals surface area contributed by atoms with E-state index in [1.165, 1.54) is 0 Å². The molecule has 2 aromatic heterocycles. The van der Waals surface area contributed by atoms with Crippen molar-refractivity contribution in [1.29, 1.82) is 0 Å². The minimum Gasteiger partial charge on any atom is -0.464 e. The summed E-state index contributed by atoms with van der Waals surface area (Å²) < 4.78 is 30.2. The van der Waals surface area contributed by atoms with Gasteiger partial charge in [-0.2, -0.15) is 0 Å². The maximum Gasteiger partial charge on any atom is 0.225 e. The summed E-state index contributed by atoms with van der Waals surface area (Å²) in [6.45, 7) is 2.22. The Labute approximate surface area is 157 Å². The fourth-order valence-corrected chi connectivity index (χ4v) is 6.27. The summed E-state index contributed by atoms with van der Waals surface area (Å²) in [5, 5.41) is 1.07. The van der Waals surface area contributed by atoms with Crippen LogP contribution in [0.15, 0.2) is 53.4 Å². The first-order valence-electron chi connectivity index (χ1n) is 9.03. The molecule has 0 bridgehead atoms. The molecule has 2 aliphatic heterocycles. The van der Waals surface area contributed by atoms with Gasteiger partial charge in [-0.1, -0.05) is 6.07 Å². The Balaban J connectivity index is 1.43. The third-order valence-electron chi connectivity index (χ3n) is 5.50. The van der Waals surface area contributed by atoms with Crippen molar-refractivity contribution in [2.24, 2.45) is 0 Å². The Hall–Kier alpha value is -2.45. The summed E-state index contributed by atoms with van der Waals surface area (Å²) in [6, 6.07) is 9.71. The van der Waals surface area contributed by atoms with Gasteiger partial charge < -0.3 is 9.32 Å². The third kappa shape index (κ3) is 3.08. The van der Waals surface area contributed by atoms with Crippen LogP contribution in [0.5, 0.6) is 0 Å². The summed E-state index contributed by atoms with van der Waals surface area (Å²) in [5.41, 5.74) is 2.03. The van der Waals surface area contributed by atoms with E-state index < -0.39 is 9.84 Å². The highest BCUT2D eigenvalue weighted by molar-refractivity contribution is 7.91. The minimum atomic E-state index is -3.07. The summed E-state index contributed by atoms with van der Waals surface area (Å²) >= 11 is 0. The Kier molecular flexibility index (Phi) is 3.91. The fraction of sp³-hybridized carbons (Fsp3) is 0.368. The molecule has 27 heavy (non-hydrogen) atoms. The van der Waals surface area contributed by atoms with Crippen LogP contribution in [0, 0.1) is 0 Å². The van der Waals surface area contributed by atoms with Crippen LogP contribution in [-0.4, -0.2) is 60.0 Å². The molecule has 8 heteroatoms. The topological polar surface area (TPSA) is 79.5 Å². The first-order valence-corrected chi connectivity index (χ1v) is 10.9. The minimum absolute atomic E-state index is 0.0485. The van der Waals surface area contributed by atoms with Crippen LogP contribution >= 0.6 is 0 Å². The Bertz CT molecular complexity index is 1070. The van der Waals surface area contributed by atoms with E-state index in [1.807, 2.05) is 12.1 Å². The lowest BCUT2D eigenvalue weighted by Crippen LogP contribution is -2.59. The van der Waals surface area contributed by atoms with Gasteiger partial charge in [-0.25, -0.2) is 18.4 Å². The monoisotopic (exact) mass is 384 g/mol. The molecule has 2 aliphatic rings. The maximum absolute atomic E-state index is 12.4. The smallest absolute Gasteiger partial charge is 0.225 e. The molecule has 0 radical (unpaired) electrons. The highest BCUT2D eigenvalue weighted by atomic mass is 32.2. The van der Waals surface area contributed by atoms with Crippen molar-refractivity contribution in [3.63, 3.8) is 0 Å². The normalized spacial score (nSPS) is 25.0. The van der Waals surface area contributed by atoms with Gasteiger partial charge in [0.05, 0.1) is 23.8 Å². The highest BCUT2D eigenvalue weighted by Crippen LogP contribution is 2.30. The lowest BCUT2D eigenvalue weighted by molar-refractivity contribution is 0.159. The number of furan rings is 1. The predicted octanol–water partition coefficient (Wildman–Crippen LogP) is 1.71. The van der Waals surface area contributed by atoms with Crippen LogP contribution in [0.4, 0.5) is 5.95 Å². The van der Waals surface area contributed by atoms with Gasteiger partial charge in [0.1, 0.15) is 5.58 Å². The zero-order chi connectivity index (χ0) is 18.4. The lowest BCUT2D eigenvalue weighted by Gasteiger charge is -2.43. The van der Waals surface area contributed by atoms with Crippen molar-refractivity contribution < 1.29 is 12.8 Å². The zero-order valence-corrected chi connectivity index (χ0v) is 15.5. The summed E-state index contributed by atoms with van der Waals surface area (Å²) in [6.07, 6.45) is 5.09. The van der Waals surface area contributed by atoms with E-state index in [0.717, 1.165) is 29.6 Å². The van der Waals surface area contributed by atoms with Gasteiger partial charge in [-0.05, 0) is 29.8 Å². The van der Waals surface area contributed by atoms with Gasteiger partial charge in [0, 0.05) is 43.5 Å². The number of benzene rings is 1. The van der Waals surface area contributed by atoms with Crippen LogP contribution < -0.4 is 4.90 Å². The average molecular weight is 384 g/mol.